The Morgan fingerprint density at radius 1 is 0.955 bits per heavy atom. The second-order valence-electron chi connectivity index (χ2n) is 6.00. The van der Waals surface area contributed by atoms with E-state index >= 15 is 0 Å². The Balaban J connectivity index is 2.35. The maximum Gasteiger partial charge on any atom is 0.296 e. The molecule has 0 bridgehead atoms. The molecule has 0 aliphatic rings. The van der Waals surface area contributed by atoms with Gasteiger partial charge < -0.3 is 0 Å². The fraction of sp³-hybridized carbons (Fsp3) is 0.667. The lowest BCUT2D eigenvalue weighted by atomic mass is 9.95. The molecule has 1 atom stereocenters. The predicted molar refractivity (Wildman–Crippen MR) is 91.7 cm³/mol. The Kier molecular flexibility index (Phi) is 8.72. The molecule has 1 rings (SSSR count). The minimum atomic E-state index is -3.57. The maximum absolute atomic E-state index is 11.6. The van der Waals surface area contributed by atoms with Crippen molar-refractivity contribution in [1.82, 2.24) is 0 Å². The van der Waals surface area contributed by atoms with E-state index in [0.717, 1.165) is 6.42 Å². The normalized spacial score (nSPS) is 13.2. The number of hydrogen-bond acceptors (Lipinski definition) is 3. The minimum Gasteiger partial charge on any atom is -0.270 e. The summed E-state index contributed by atoms with van der Waals surface area (Å²) in [4.78, 5) is 0.224. The van der Waals surface area contributed by atoms with Gasteiger partial charge in [0.05, 0.1) is 12.0 Å². The zero-order valence-corrected chi connectivity index (χ0v) is 15.0. The van der Waals surface area contributed by atoms with Crippen LogP contribution >= 0.6 is 0 Å². The van der Waals surface area contributed by atoms with Crippen LogP contribution in [0.2, 0.25) is 0 Å². The highest BCUT2D eigenvalue weighted by Gasteiger charge is 2.13. The van der Waals surface area contributed by atoms with Gasteiger partial charge in [-0.2, -0.15) is 8.42 Å². The molecule has 0 N–H and O–H groups in total. The van der Waals surface area contributed by atoms with E-state index in [4.69, 9.17) is 0 Å². The molecule has 1 unspecified atom stereocenters. The van der Waals surface area contributed by atoms with Crippen molar-refractivity contribution in [3.05, 3.63) is 29.8 Å². The van der Waals surface area contributed by atoms with Crippen molar-refractivity contribution in [2.75, 3.05) is 7.11 Å². The minimum absolute atomic E-state index is 0.224. The predicted octanol–water partition coefficient (Wildman–Crippen LogP) is 5.27. The lowest BCUT2D eigenvalue weighted by Gasteiger charge is -2.12. The third-order valence-corrected chi connectivity index (χ3v) is 5.49. The van der Waals surface area contributed by atoms with E-state index in [9.17, 15) is 8.42 Å². The van der Waals surface area contributed by atoms with E-state index in [0.29, 0.717) is 5.92 Å². The van der Waals surface area contributed by atoms with E-state index in [2.05, 4.69) is 18.0 Å². The molecular weight excluding hydrogens is 296 g/mol. The van der Waals surface area contributed by atoms with Gasteiger partial charge in [0.2, 0.25) is 0 Å². The molecule has 0 aliphatic carbocycles. The molecular formula is C18H30O3S. The smallest absolute Gasteiger partial charge is 0.270 e. The van der Waals surface area contributed by atoms with Crippen LogP contribution in [0.1, 0.15) is 76.7 Å². The summed E-state index contributed by atoms with van der Waals surface area (Å²) in [5, 5.41) is 0. The van der Waals surface area contributed by atoms with Crippen molar-refractivity contribution in [1.29, 1.82) is 0 Å². The lowest BCUT2D eigenvalue weighted by molar-refractivity contribution is 0.397. The van der Waals surface area contributed by atoms with Gasteiger partial charge >= 0.3 is 0 Å². The second kappa shape index (κ2) is 10.0. The van der Waals surface area contributed by atoms with E-state index in [1.165, 1.54) is 57.6 Å². The van der Waals surface area contributed by atoms with Gasteiger partial charge in [0, 0.05) is 0 Å². The molecule has 0 amide bonds. The van der Waals surface area contributed by atoms with Gasteiger partial charge in [0.1, 0.15) is 0 Å². The first-order chi connectivity index (χ1) is 10.5. The molecule has 0 saturated carbocycles. The molecule has 0 heterocycles. The highest BCUT2D eigenvalue weighted by Crippen LogP contribution is 2.24. The molecule has 0 fully saturated rings. The summed E-state index contributed by atoms with van der Waals surface area (Å²) in [6.07, 6.45) is 10.4. The first-order valence-corrected chi connectivity index (χ1v) is 9.82. The van der Waals surface area contributed by atoms with Crippen LogP contribution in [-0.4, -0.2) is 15.5 Å². The van der Waals surface area contributed by atoms with Gasteiger partial charge in [-0.05, 0) is 30.0 Å². The standard InChI is InChI=1S/C18H30O3S/c1-4-5-6-7-8-9-10-11-16(2)17-12-14-18(15-13-17)22(19,20)21-3/h12-16H,4-11H2,1-3H3. The van der Waals surface area contributed by atoms with Crippen molar-refractivity contribution in [3.63, 3.8) is 0 Å². The highest BCUT2D eigenvalue weighted by atomic mass is 32.2. The first kappa shape index (κ1) is 19.2. The van der Waals surface area contributed by atoms with E-state index in [1.807, 2.05) is 12.1 Å². The van der Waals surface area contributed by atoms with Crippen LogP contribution in [0.5, 0.6) is 0 Å². The van der Waals surface area contributed by atoms with Gasteiger partial charge in [0.25, 0.3) is 10.1 Å². The molecule has 0 spiro atoms. The summed E-state index contributed by atoms with van der Waals surface area (Å²) in [7, 11) is -2.39. The molecule has 22 heavy (non-hydrogen) atoms. The monoisotopic (exact) mass is 326 g/mol. The second-order valence-corrected chi connectivity index (χ2v) is 7.71. The zero-order valence-electron chi connectivity index (χ0n) is 14.2. The summed E-state index contributed by atoms with van der Waals surface area (Å²) in [6, 6.07) is 7.07. The van der Waals surface area contributed by atoms with Crippen LogP contribution in [0.3, 0.4) is 0 Å². The van der Waals surface area contributed by atoms with Crippen LogP contribution in [-0.2, 0) is 14.3 Å². The Hall–Kier alpha value is -0.870. The molecule has 1 aromatic rings. The van der Waals surface area contributed by atoms with Gasteiger partial charge in [-0.1, -0.05) is 70.9 Å². The summed E-state index contributed by atoms with van der Waals surface area (Å²) >= 11 is 0. The fourth-order valence-electron chi connectivity index (χ4n) is 2.63. The molecule has 1 aromatic carbocycles. The van der Waals surface area contributed by atoms with Crippen LogP contribution in [0.25, 0.3) is 0 Å². The fourth-order valence-corrected chi connectivity index (χ4v) is 3.30. The van der Waals surface area contributed by atoms with Crippen LogP contribution in [0.4, 0.5) is 0 Å². The van der Waals surface area contributed by atoms with E-state index in [1.54, 1.807) is 12.1 Å². The zero-order chi connectivity index (χ0) is 16.4. The van der Waals surface area contributed by atoms with Crippen molar-refractivity contribution in [3.8, 4) is 0 Å². The summed E-state index contributed by atoms with van der Waals surface area (Å²) in [5.41, 5.74) is 1.20. The molecule has 0 saturated heterocycles. The first-order valence-electron chi connectivity index (χ1n) is 8.42. The SMILES string of the molecule is CCCCCCCCCC(C)c1ccc(S(=O)(=O)OC)cc1. The quantitative estimate of drug-likeness (QED) is 0.411. The number of unbranched alkanes of at least 4 members (excludes halogenated alkanes) is 6. The average Bonchev–Trinajstić information content (AvgIpc) is 2.54. The van der Waals surface area contributed by atoms with Gasteiger partial charge in [-0.3, -0.25) is 4.18 Å². The molecule has 0 aromatic heterocycles. The van der Waals surface area contributed by atoms with Crippen LogP contribution in [0.15, 0.2) is 29.2 Å². The van der Waals surface area contributed by atoms with Gasteiger partial charge in [-0.15, -0.1) is 0 Å². The van der Waals surface area contributed by atoms with Crippen molar-refractivity contribution < 1.29 is 12.6 Å². The van der Waals surface area contributed by atoms with E-state index < -0.39 is 10.1 Å². The van der Waals surface area contributed by atoms with E-state index in [-0.39, 0.29) is 4.90 Å². The third-order valence-electron chi connectivity index (χ3n) is 4.20. The van der Waals surface area contributed by atoms with Crippen LogP contribution in [0, 0.1) is 0 Å². The Morgan fingerprint density at radius 3 is 2.05 bits per heavy atom. The Morgan fingerprint density at radius 2 is 1.50 bits per heavy atom. The third kappa shape index (κ3) is 6.49. The highest BCUT2D eigenvalue weighted by molar-refractivity contribution is 7.86. The van der Waals surface area contributed by atoms with Crippen molar-refractivity contribution in [2.24, 2.45) is 0 Å². The Labute approximate surface area is 136 Å². The largest absolute Gasteiger partial charge is 0.296 e. The Bertz CT molecular complexity index is 506. The topological polar surface area (TPSA) is 43.4 Å². The lowest BCUT2D eigenvalue weighted by Crippen LogP contribution is -2.03. The number of rotatable bonds is 11. The van der Waals surface area contributed by atoms with Crippen molar-refractivity contribution in [2.45, 2.75) is 76.0 Å². The summed E-state index contributed by atoms with van der Waals surface area (Å²) in [5.74, 6) is 0.468. The number of benzene rings is 1. The maximum atomic E-state index is 11.6. The molecule has 4 heteroatoms. The summed E-state index contributed by atoms with van der Waals surface area (Å²) < 4.78 is 27.7. The van der Waals surface area contributed by atoms with Gasteiger partial charge in [0.15, 0.2) is 0 Å². The average molecular weight is 327 g/mol. The molecule has 126 valence electrons. The van der Waals surface area contributed by atoms with Crippen molar-refractivity contribution >= 4 is 10.1 Å². The van der Waals surface area contributed by atoms with Gasteiger partial charge in [-0.25, -0.2) is 0 Å². The molecule has 0 aliphatic heterocycles. The molecule has 3 nitrogen and oxygen atoms in total. The number of hydrogen-bond donors (Lipinski definition) is 0. The van der Waals surface area contributed by atoms with Crippen LogP contribution < -0.4 is 0 Å². The molecule has 0 radical (unpaired) electrons. The summed E-state index contributed by atoms with van der Waals surface area (Å²) in [6.45, 7) is 4.45.